The van der Waals surface area contributed by atoms with E-state index in [2.05, 4.69) is 54.8 Å². The van der Waals surface area contributed by atoms with E-state index in [4.69, 9.17) is 0 Å². The van der Waals surface area contributed by atoms with Gasteiger partial charge in [0.25, 0.3) is 0 Å². The van der Waals surface area contributed by atoms with Gasteiger partial charge in [0.05, 0.1) is 0 Å². The van der Waals surface area contributed by atoms with Crippen molar-refractivity contribution in [1.29, 1.82) is 0 Å². The molecule has 1 aliphatic rings. The smallest absolute Gasteiger partial charge is 0.222 e. The first kappa shape index (κ1) is 16.7. The zero-order valence-corrected chi connectivity index (χ0v) is 14.2. The fourth-order valence-corrected chi connectivity index (χ4v) is 3.05. The van der Waals surface area contributed by atoms with Crippen LogP contribution < -0.4 is 9.80 Å². The number of nitrogens with zero attached hydrogens (tertiary/aromatic N) is 3. The van der Waals surface area contributed by atoms with Crippen LogP contribution in [-0.2, 0) is 4.79 Å². The van der Waals surface area contributed by atoms with Crippen molar-refractivity contribution in [2.75, 3.05) is 49.1 Å². The summed E-state index contributed by atoms with van der Waals surface area (Å²) in [4.78, 5) is 18.7. The fourth-order valence-electron chi connectivity index (χ4n) is 3.05. The summed E-state index contributed by atoms with van der Waals surface area (Å²) in [5.41, 5.74) is 2.55. The van der Waals surface area contributed by atoms with E-state index < -0.39 is 0 Å². The molecule has 1 amide bonds. The standard InChI is InChI=1S/C18H29N3O/c1-4-7-18(22)21-14-12-20(13-15-21)17-10-8-16(9-11-17)19(5-2)6-3/h8-11H,4-7,12-15H2,1-3H3. The number of carbonyl (C=O) groups excluding carboxylic acids is 1. The highest BCUT2D eigenvalue weighted by molar-refractivity contribution is 5.76. The van der Waals surface area contributed by atoms with E-state index in [0.717, 1.165) is 45.7 Å². The summed E-state index contributed by atoms with van der Waals surface area (Å²) < 4.78 is 0. The lowest BCUT2D eigenvalue weighted by molar-refractivity contribution is -0.131. The Hall–Kier alpha value is -1.71. The Balaban J connectivity index is 1.93. The number of benzene rings is 1. The van der Waals surface area contributed by atoms with Gasteiger partial charge in [-0.2, -0.15) is 0 Å². The summed E-state index contributed by atoms with van der Waals surface area (Å²) in [7, 11) is 0. The van der Waals surface area contributed by atoms with Gasteiger partial charge in [0.15, 0.2) is 0 Å². The molecule has 22 heavy (non-hydrogen) atoms. The van der Waals surface area contributed by atoms with E-state index in [1.54, 1.807) is 0 Å². The van der Waals surface area contributed by atoms with Gasteiger partial charge < -0.3 is 14.7 Å². The first-order valence-corrected chi connectivity index (χ1v) is 8.57. The molecule has 1 aromatic rings. The highest BCUT2D eigenvalue weighted by Gasteiger charge is 2.20. The Labute approximate surface area is 134 Å². The molecule has 0 radical (unpaired) electrons. The third-order valence-electron chi connectivity index (χ3n) is 4.44. The van der Waals surface area contributed by atoms with Crippen LogP contribution in [-0.4, -0.2) is 50.1 Å². The summed E-state index contributed by atoms with van der Waals surface area (Å²) in [5.74, 6) is 0.305. The van der Waals surface area contributed by atoms with Crippen molar-refractivity contribution in [3.63, 3.8) is 0 Å². The topological polar surface area (TPSA) is 26.8 Å². The van der Waals surface area contributed by atoms with Crippen LogP contribution in [0.1, 0.15) is 33.6 Å². The molecule has 0 spiro atoms. The fraction of sp³-hybridized carbons (Fsp3) is 0.611. The molecule has 2 rings (SSSR count). The highest BCUT2D eigenvalue weighted by Crippen LogP contribution is 2.22. The van der Waals surface area contributed by atoms with Crippen LogP contribution in [0, 0.1) is 0 Å². The lowest BCUT2D eigenvalue weighted by atomic mass is 10.2. The number of anilines is 2. The molecule has 0 unspecified atom stereocenters. The average Bonchev–Trinajstić information content (AvgIpc) is 2.57. The number of amides is 1. The van der Waals surface area contributed by atoms with Crippen LogP contribution in [0.4, 0.5) is 11.4 Å². The van der Waals surface area contributed by atoms with Crippen molar-refractivity contribution < 1.29 is 4.79 Å². The van der Waals surface area contributed by atoms with Crippen molar-refractivity contribution in [3.05, 3.63) is 24.3 Å². The normalized spacial score (nSPS) is 15.0. The van der Waals surface area contributed by atoms with Gasteiger partial charge >= 0.3 is 0 Å². The van der Waals surface area contributed by atoms with Crippen LogP contribution in [0.2, 0.25) is 0 Å². The Bertz CT molecular complexity index is 460. The first-order valence-electron chi connectivity index (χ1n) is 8.57. The van der Waals surface area contributed by atoms with Crippen molar-refractivity contribution in [3.8, 4) is 0 Å². The van der Waals surface area contributed by atoms with E-state index in [1.807, 2.05) is 4.90 Å². The minimum atomic E-state index is 0.305. The summed E-state index contributed by atoms with van der Waals surface area (Å²) in [6.45, 7) is 12.1. The first-order chi connectivity index (χ1) is 10.7. The number of hydrogen-bond donors (Lipinski definition) is 0. The van der Waals surface area contributed by atoms with Gasteiger partial charge in [0.2, 0.25) is 5.91 Å². The van der Waals surface area contributed by atoms with Gasteiger partial charge in [-0.1, -0.05) is 6.92 Å². The predicted octanol–water partition coefficient (Wildman–Crippen LogP) is 2.98. The van der Waals surface area contributed by atoms with E-state index in [0.29, 0.717) is 12.3 Å². The summed E-state index contributed by atoms with van der Waals surface area (Å²) in [6, 6.07) is 8.82. The van der Waals surface area contributed by atoms with Gasteiger partial charge in [-0.05, 0) is 44.5 Å². The summed E-state index contributed by atoms with van der Waals surface area (Å²) >= 11 is 0. The Morgan fingerprint density at radius 2 is 1.59 bits per heavy atom. The minimum absolute atomic E-state index is 0.305. The second kappa shape index (κ2) is 8.06. The third kappa shape index (κ3) is 3.93. The zero-order valence-electron chi connectivity index (χ0n) is 14.2. The minimum Gasteiger partial charge on any atom is -0.372 e. The zero-order chi connectivity index (χ0) is 15.9. The third-order valence-corrected chi connectivity index (χ3v) is 4.44. The lowest BCUT2D eigenvalue weighted by Gasteiger charge is -2.36. The Morgan fingerprint density at radius 1 is 1.00 bits per heavy atom. The second-order valence-electron chi connectivity index (χ2n) is 5.81. The molecule has 0 saturated carbocycles. The van der Waals surface area contributed by atoms with Gasteiger partial charge in [-0.25, -0.2) is 0 Å². The maximum absolute atomic E-state index is 11.9. The molecular weight excluding hydrogens is 274 g/mol. The van der Waals surface area contributed by atoms with E-state index in [9.17, 15) is 4.79 Å². The van der Waals surface area contributed by atoms with Crippen LogP contribution in [0.25, 0.3) is 0 Å². The molecule has 1 heterocycles. The Morgan fingerprint density at radius 3 is 2.09 bits per heavy atom. The predicted molar refractivity (Wildman–Crippen MR) is 93.7 cm³/mol. The van der Waals surface area contributed by atoms with Crippen LogP contribution in [0.5, 0.6) is 0 Å². The molecule has 4 heteroatoms. The van der Waals surface area contributed by atoms with Crippen LogP contribution >= 0.6 is 0 Å². The molecule has 0 atom stereocenters. The molecule has 0 N–H and O–H groups in total. The monoisotopic (exact) mass is 303 g/mol. The molecule has 4 nitrogen and oxygen atoms in total. The van der Waals surface area contributed by atoms with E-state index in [1.165, 1.54) is 11.4 Å². The maximum atomic E-state index is 11.9. The molecule has 1 aromatic carbocycles. The molecule has 1 saturated heterocycles. The van der Waals surface area contributed by atoms with Crippen molar-refractivity contribution >= 4 is 17.3 Å². The van der Waals surface area contributed by atoms with Gasteiger partial charge in [0.1, 0.15) is 0 Å². The molecule has 0 bridgehead atoms. The SMILES string of the molecule is CCCC(=O)N1CCN(c2ccc(N(CC)CC)cc2)CC1. The van der Waals surface area contributed by atoms with E-state index >= 15 is 0 Å². The van der Waals surface area contributed by atoms with Gasteiger partial charge in [-0.15, -0.1) is 0 Å². The molecule has 0 aromatic heterocycles. The maximum Gasteiger partial charge on any atom is 0.222 e. The van der Waals surface area contributed by atoms with Crippen LogP contribution in [0.15, 0.2) is 24.3 Å². The second-order valence-corrected chi connectivity index (χ2v) is 5.81. The lowest BCUT2D eigenvalue weighted by Crippen LogP contribution is -2.48. The molecular formula is C18H29N3O. The van der Waals surface area contributed by atoms with Crippen molar-refractivity contribution in [2.45, 2.75) is 33.6 Å². The molecule has 1 aliphatic heterocycles. The van der Waals surface area contributed by atoms with Gasteiger partial charge in [-0.3, -0.25) is 4.79 Å². The number of carbonyl (C=O) groups is 1. The largest absolute Gasteiger partial charge is 0.372 e. The van der Waals surface area contributed by atoms with Crippen LogP contribution in [0.3, 0.4) is 0 Å². The van der Waals surface area contributed by atoms with Crippen molar-refractivity contribution in [2.24, 2.45) is 0 Å². The van der Waals surface area contributed by atoms with E-state index in [-0.39, 0.29) is 0 Å². The molecule has 0 aliphatic carbocycles. The molecule has 1 fully saturated rings. The number of piperazine rings is 1. The Kier molecular flexibility index (Phi) is 6.10. The number of hydrogen-bond acceptors (Lipinski definition) is 3. The number of rotatable bonds is 6. The van der Waals surface area contributed by atoms with Crippen molar-refractivity contribution in [1.82, 2.24) is 4.90 Å². The summed E-state index contributed by atoms with van der Waals surface area (Å²) in [6.07, 6.45) is 1.62. The quantitative estimate of drug-likeness (QED) is 0.808. The average molecular weight is 303 g/mol. The van der Waals surface area contributed by atoms with Gasteiger partial charge in [0, 0.05) is 57.1 Å². The highest BCUT2D eigenvalue weighted by atomic mass is 16.2. The summed E-state index contributed by atoms with van der Waals surface area (Å²) in [5, 5.41) is 0. The molecule has 122 valence electrons.